The smallest absolute Gasteiger partial charge is 0.278 e. The maximum atomic E-state index is 13.5. The molecule has 3 rings (SSSR count). The Balaban J connectivity index is 1.93. The van der Waals surface area contributed by atoms with Crippen molar-refractivity contribution in [3.8, 4) is 5.75 Å². The number of nitrogens with zero attached hydrogens (tertiary/aromatic N) is 1. The second kappa shape index (κ2) is 11.7. The van der Waals surface area contributed by atoms with E-state index >= 15 is 0 Å². The summed E-state index contributed by atoms with van der Waals surface area (Å²) in [5, 5.41) is 0. The number of rotatable bonds is 10. The van der Waals surface area contributed by atoms with Crippen LogP contribution < -0.4 is 9.04 Å². The summed E-state index contributed by atoms with van der Waals surface area (Å²) in [6.45, 7) is 5.77. The van der Waals surface area contributed by atoms with E-state index in [0.717, 1.165) is 39.2 Å². The van der Waals surface area contributed by atoms with E-state index < -0.39 is 22.5 Å². The van der Waals surface area contributed by atoms with Gasteiger partial charge in [0.25, 0.3) is 15.9 Å². The summed E-state index contributed by atoms with van der Waals surface area (Å²) in [6.07, 6.45) is 3.02. The Morgan fingerprint density at radius 2 is 1.68 bits per heavy atom. The maximum Gasteiger partial charge on any atom is 0.278 e. The Hall–Kier alpha value is -2.64. The topological polar surface area (TPSA) is 63.7 Å². The summed E-state index contributed by atoms with van der Waals surface area (Å²) in [4.78, 5) is 13.4. The molecule has 0 saturated heterocycles. The van der Waals surface area contributed by atoms with Gasteiger partial charge in [0.1, 0.15) is 5.75 Å². The fourth-order valence-corrected chi connectivity index (χ4v) is 5.40. The first kappa shape index (κ1) is 26.0. The molecule has 0 atom stereocenters. The van der Waals surface area contributed by atoms with Crippen molar-refractivity contribution in [2.45, 2.75) is 50.8 Å². The second-order valence-corrected chi connectivity index (χ2v) is 11.1. The molecule has 0 unspecified atom stereocenters. The van der Waals surface area contributed by atoms with Crippen LogP contribution in [-0.4, -0.2) is 20.9 Å². The SMILES string of the molecule is CCCCc1ccc(N(C(=O)COc2ccc(Br)cc2C(C)C)S(=O)(=O)c2ccccc2)cc1. The van der Waals surface area contributed by atoms with Gasteiger partial charge in [0.05, 0.1) is 10.6 Å². The van der Waals surface area contributed by atoms with E-state index in [0.29, 0.717) is 5.75 Å². The lowest BCUT2D eigenvalue weighted by molar-refractivity contribution is -0.119. The van der Waals surface area contributed by atoms with Crippen LogP contribution in [0.5, 0.6) is 5.75 Å². The number of hydrogen-bond donors (Lipinski definition) is 0. The lowest BCUT2D eigenvalue weighted by Gasteiger charge is -2.23. The van der Waals surface area contributed by atoms with Crippen molar-refractivity contribution in [3.05, 3.63) is 88.4 Å². The van der Waals surface area contributed by atoms with Crippen molar-refractivity contribution in [2.75, 3.05) is 10.9 Å². The van der Waals surface area contributed by atoms with Crippen LogP contribution in [0.4, 0.5) is 5.69 Å². The van der Waals surface area contributed by atoms with Crippen molar-refractivity contribution in [3.63, 3.8) is 0 Å². The Bertz CT molecular complexity index is 1210. The van der Waals surface area contributed by atoms with Crippen LogP contribution in [0.1, 0.15) is 50.7 Å². The van der Waals surface area contributed by atoms with Crippen LogP contribution in [0, 0.1) is 0 Å². The Morgan fingerprint density at radius 1 is 1.00 bits per heavy atom. The van der Waals surface area contributed by atoms with Gasteiger partial charge in [-0.2, -0.15) is 4.31 Å². The number of unbranched alkanes of at least 4 members (excludes halogenated alkanes) is 1. The number of benzene rings is 3. The highest BCUT2D eigenvalue weighted by Gasteiger charge is 2.31. The molecule has 180 valence electrons. The average molecular weight is 545 g/mol. The van der Waals surface area contributed by atoms with Crippen LogP contribution in [0.25, 0.3) is 0 Å². The van der Waals surface area contributed by atoms with Crippen LogP contribution in [-0.2, 0) is 21.2 Å². The summed E-state index contributed by atoms with van der Waals surface area (Å²) in [5.41, 5.74) is 2.32. The monoisotopic (exact) mass is 543 g/mol. The molecule has 0 fully saturated rings. The minimum absolute atomic E-state index is 0.0462. The molecule has 7 heteroatoms. The van der Waals surface area contributed by atoms with Crippen LogP contribution in [0.15, 0.2) is 82.2 Å². The minimum Gasteiger partial charge on any atom is -0.483 e. The molecule has 0 aliphatic rings. The summed E-state index contributed by atoms with van der Waals surface area (Å²) >= 11 is 3.46. The molecule has 5 nitrogen and oxygen atoms in total. The van der Waals surface area contributed by atoms with Gasteiger partial charge in [0.2, 0.25) is 0 Å². The van der Waals surface area contributed by atoms with Gasteiger partial charge in [-0.15, -0.1) is 0 Å². The van der Waals surface area contributed by atoms with Gasteiger partial charge in [-0.1, -0.05) is 73.5 Å². The predicted octanol–water partition coefficient (Wildman–Crippen LogP) is 6.72. The van der Waals surface area contributed by atoms with Gasteiger partial charge in [0, 0.05) is 4.47 Å². The van der Waals surface area contributed by atoms with Crippen molar-refractivity contribution >= 4 is 37.5 Å². The van der Waals surface area contributed by atoms with Crippen molar-refractivity contribution in [1.82, 2.24) is 0 Å². The van der Waals surface area contributed by atoms with Gasteiger partial charge < -0.3 is 4.74 Å². The first-order chi connectivity index (χ1) is 16.2. The van der Waals surface area contributed by atoms with Crippen molar-refractivity contribution in [1.29, 1.82) is 0 Å². The second-order valence-electron chi connectivity index (χ2n) is 8.37. The Morgan fingerprint density at radius 3 is 2.29 bits per heavy atom. The molecule has 3 aromatic rings. The summed E-state index contributed by atoms with van der Waals surface area (Å²) in [5.74, 6) is 0.0590. The van der Waals surface area contributed by atoms with Gasteiger partial charge in [-0.05, 0) is 72.4 Å². The number of sulfonamides is 1. The average Bonchev–Trinajstić information content (AvgIpc) is 2.83. The van der Waals surface area contributed by atoms with E-state index in [9.17, 15) is 13.2 Å². The third kappa shape index (κ3) is 6.27. The first-order valence-electron chi connectivity index (χ1n) is 11.4. The van der Waals surface area contributed by atoms with E-state index in [1.807, 2.05) is 38.1 Å². The molecule has 0 N–H and O–H groups in total. The molecule has 0 bridgehead atoms. The number of carbonyl (C=O) groups is 1. The number of anilines is 1. The highest BCUT2D eigenvalue weighted by molar-refractivity contribution is 9.10. The predicted molar refractivity (Wildman–Crippen MR) is 140 cm³/mol. The van der Waals surface area contributed by atoms with Gasteiger partial charge in [-0.25, -0.2) is 8.42 Å². The first-order valence-corrected chi connectivity index (χ1v) is 13.6. The zero-order valence-electron chi connectivity index (χ0n) is 19.7. The third-order valence-corrected chi connectivity index (χ3v) is 7.70. The van der Waals surface area contributed by atoms with Gasteiger partial charge >= 0.3 is 0 Å². The largest absolute Gasteiger partial charge is 0.483 e. The lowest BCUT2D eigenvalue weighted by atomic mass is 10.0. The summed E-state index contributed by atoms with van der Waals surface area (Å²) < 4.78 is 34.6. The standard InChI is InChI=1S/C27H30BrNO4S/c1-4-5-9-21-12-15-23(16-13-21)29(34(31,32)24-10-7-6-8-11-24)27(30)19-33-26-17-14-22(28)18-25(26)20(2)3/h6-8,10-18,20H,4-5,9,19H2,1-3H3. The number of carbonyl (C=O) groups excluding carboxylic acids is 1. The number of halogens is 1. The molecule has 34 heavy (non-hydrogen) atoms. The molecule has 0 radical (unpaired) electrons. The highest BCUT2D eigenvalue weighted by atomic mass is 79.9. The van der Waals surface area contributed by atoms with E-state index in [4.69, 9.17) is 4.74 Å². The van der Waals surface area contributed by atoms with Crippen LogP contribution in [0.3, 0.4) is 0 Å². The van der Waals surface area contributed by atoms with Crippen LogP contribution >= 0.6 is 15.9 Å². The maximum absolute atomic E-state index is 13.5. The molecule has 0 saturated carbocycles. The molecule has 0 aliphatic carbocycles. The van der Waals surface area contributed by atoms with E-state index in [2.05, 4.69) is 22.9 Å². The number of amides is 1. The molecule has 0 spiro atoms. The number of aryl methyl sites for hydroxylation is 1. The molecule has 3 aromatic carbocycles. The molecule has 1 amide bonds. The summed E-state index contributed by atoms with van der Waals surface area (Å²) in [7, 11) is -4.12. The molecular weight excluding hydrogens is 514 g/mol. The Labute approximate surface area is 210 Å². The number of ether oxygens (including phenoxy) is 1. The van der Waals surface area contributed by atoms with Crippen molar-refractivity contribution in [2.24, 2.45) is 0 Å². The van der Waals surface area contributed by atoms with E-state index in [-0.39, 0.29) is 16.5 Å². The number of hydrogen-bond acceptors (Lipinski definition) is 4. The molecule has 0 aromatic heterocycles. The van der Waals surface area contributed by atoms with Gasteiger partial charge in [0.15, 0.2) is 6.61 Å². The van der Waals surface area contributed by atoms with E-state index in [1.165, 1.54) is 12.1 Å². The highest BCUT2D eigenvalue weighted by Crippen LogP contribution is 2.30. The summed E-state index contributed by atoms with van der Waals surface area (Å²) in [6, 6.07) is 20.6. The van der Waals surface area contributed by atoms with E-state index in [1.54, 1.807) is 36.4 Å². The fraction of sp³-hybridized carbons (Fsp3) is 0.296. The molecule has 0 heterocycles. The third-order valence-electron chi connectivity index (χ3n) is 5.44. The van der Waals surface area contributed by atoms with Crippen molar-refractivity contribution < 1.29 is 17.9 Å². The quantitative estimate of drug-likeness (QED) is 0.285. The zero-order valence-corrected chi connectivity index (χ0v) is 22.1. The normalized spacial score (nSPS) is 11.4. The van der Waals surface area contributed by atoms with Crippen LogP contribution in [0.2, 0.25) is 0 Å². The molecular formula is C27H30BrNO4S. The van der Waals surface area contributed by atoms with Gasteiger partial charge in [-0.3, -0.25) is 4.79 Å². The lowest BCUT2D eigenvalue weighted by Crippen LogP contribution is -2.40. The molecule has 0 aliphatic heterocycles. The minimum atomic E-state index is -4.12. The zero-order chi connectivity index (χ0) is 24.7. The Kier molecular flexibility index (Phi) is 8.91. The fourth-order valence-electron chi connectivity index (χ4n) is 3.59.